The molecule has 0 N–H and O–H groups in total. The van der Waals surface area contributed by atoms with E-state index in [-0.39, 0.29) is 5.19 Å². The molecule has 0 bridgehead atoms. The molecule has 2 fully saturated rings. The van der Waals surface area contributed by atoms with Gasteiger partial charge in [0.05, 0.1) is 5.69 Å². The molecule has 0 spiro atoms. The molecule has 2 heterocycles. The molecule has 3 aliphatic rings. The Balaban J connectivity index is 1.13. The number of rotatable bonds is 9. The second-order valence-corrected chi connectivity index (χ2v) is 10.7. The van der Waals surface area contributed by atoms with E-state index in [2.05, 4.69) is 9.88 Å². The quantitative estimate of drug-likeness (QED) is 0.494. The summed E-state index contributed by atoms with van der Waals surface area (Å²) >= 11 is 1.26. The lowest BCUT2D eigenvalue weighted by atomic mass is 9.78. The molecule has 4 nitrogen and oxygen atoms in total. The maximum Gasteiger partial charge on any atom is 0.422 e. The summed E-state index contributed by atoms with van der Waals surface area (Å²) in [5.41, 5.74) is 0.904. The molecule has 0 radical (unpaired) electrons. The fourth-order valence-electron chi connectivity index (χ4n) is 4.95. The Morgan fingerprint density at radius 2 is 1.61 bits per heavy atom. The van der Waals surface area contributed by atoms with Crippen molar-refractivity contribution in [1.82, 2.24) is 9.88 Å². The smallest absolute Gasteiger partial charge is 0.422 e. The van der Waals surface area contributed by atoms with Gasteiger partial charge in [0.1, 0.15) is 5.78 Å². The molecule has 1 aliphatic heterocycles. The van der Waals surface area contributed by atoms with Crippen LogP contribution in [-0.4, -0.2) is 48.1 Å². The number of alkyl halides is 3. The Morgan fingerprint density at radius 3 is 2.26 bits per heavy atom. The number of aromatic nitrogens is 1. The van der Waals surface area contributed by atoms with Crippen LogP contribution in [0.1, 0.15) is 68.4 Å². The molecule has 0 amide bonds. The Morgan fingerprint density at radius 1 is 1.00 bits per heavy atom. The molecule has 1 aromatic rings. The Kier molecular flexibility index (Phi) is 7.57. The number of ether oxygens (including phenoxy) is 1. The van der Waals surface area contributed by atoms with Crippen molar-refractivity contribution < 1.29 is 22.7 Å². The number of halogens is 3. The molecular weight excluding hydrogens is 425 g/mol. The Hall–Kier alpha value is -1.15. The van der Waals surface area contributed by atoms with Crippen LogP contribution in [0.3, 0.4) is 0 Å². The van der Waals surface area contributed by atoms with Gasteiger partial charge >= 0.3 is 6.18 Å². The average Bonchev–Trinajstić information content (AvgIpc) is 3.47. The third-order valence-corrected chi connectivity index (χ3v) is 8.06. The molecular formula is C23H33F3N2O2S. The Bertz CT molecular complexity index is 714. The first-order valence-corrected chi connectivity index (χ1v) is 12.6. The molecule has 4 rings (SSSR count). The zero-order valence-corrected chi connectivity index (χ0v) is 18.9. The van der Waals surface area contributed by atoms with Crippen molar-refractivity contribution in [3.63, 3.8) is 0 Å². The minimum atomic E-state index is -4.33. The van der Waals surface area contributed by atoms with Gasteiger partial charge in [0, 0.05) is 37.2 Å². The fourth-order valence-corrected chi connectivity index (χ4v) is 5.90. The van der Waals surface area contributed by atoms with Crippen molar-refractivity contribution in [3.05, 3.63) is 10.6 Å². The summed E-state index contributed by atoms with van der Waals surface area (Å²) in [5, 5.41) is 0.142. The summed E-state index contributed by atoms with van der Waals surface area (Å²) in [6.07, 6.45) is 7.49. The summed E-state index contributed by atoms with van der Waals surface area (Å²) in [6, 6.07) is 0. The van der Waals surface area contributed by atoms with Crippen LogP contribution in [0.5, 0.6) is 5.19 Å². The molecule has 2 aliphatic carbocycles. The summed E-state index contributed by atoms with van der Waals surface area (Å²) in [6.45, 7) is 1.63. The highest BCUT2D eigenvalue weighted by molar-refractivity contribution is 7.13. The monoisotopic (exact) mass is 458 g/mol. The maximum absolute atomic E-state index is 12.3. The number of fused-ring (bicyclic) bond motifs is 1. The van der Waals surface area contributed by atoms with Crippen molar-refractivity contribution >= 4 is 17.1 Å². The second kappa shape index (κ2) is 10.2. The third kappa shape index (κ3) is 7.45. The molecule has 1 aromatic heterocycles. The van der Waals surface area contributed by atoms with Crippen LogP contribution in [0, 0.1) is 17.8 Å². The number of hydrogen-bond acceptors (Lipinski definition) is 5. The van der Waals surface area contributed by atoms with E-state index in [9.17, 15) is 18.0 Å². The summed E-state index contributed by atoms with van der Waals surface area (Å²) in [5.74, 6) is 2.56. The van der Waals surface area contributed by atoms with Crippen LogP contribution >= 0.6 is 11.3 Å². The maximum atomic E-state index is 12.3. The van der Waals surface area contributed by atoms with Crippen LogP contribution in [0.25, 0.3) is 0 Å². The molecule has 0 unspecified atom stereocenters. The number of ketones is 1. The fraction of sp³-hybridized carbons (Fsp3) is 0.826. The lowest BCUT2D eigenvalue weighted by Gasteiger charge is -2.30. The zero-order valence-electron chi connectivity index (χ0n) is 18.1. The van der Waals surface area contributed by atoms with Crippen molar-refractivity contribution in [2.24, 2.45) is 17.8 Å². The predicted octanol–water partition coefficient (Wildman–Crippen LogP) is 5.44. The molecule has 31 heavy (non-hydrogen) atoms. The summed E-state index contributed by atoms with van der Waals surface area (Å²) in [4.78, 5) is 19.9. The van der Waals surface area contributed by atoms with E-state index in [4.69, 9.17) is 4.74 Å². The normalized spacial score (nSPS) is 25.1. The van der Waals surface area contributed by atoms with E-state index >= 15 is 0 Å². The largest absolute Gasteiger partial charge is 0.460 e. The van der Waals surface area contributed by atoms with E-state index < -0.39 is 12.8 Å². The number of thiazole rings is 1. The van der Waals surface area contributed by atoms with Gasteiger partial charge in [-0.05, 0) is 62.8 Å². The number of Topliss-reactive ketones (excluding diaryl/α,β-unsaturated/α-hetero) is 1. The van der Waals surface area contributed by atoms with Crippen molar-refractivity contribution in [3.8, 4) is 5.19 Å². The first kappa shape index (κ1) is 23.0. The number of carbonyl (C=O) groups is 1. The molecule has 0 aromatic carbocycles. The van der Waals surface area contributed by atoms with Crippen LogP contribution in [0.2, 0.25) is 0 Å². The second-order valence-electron chi connectivity index (χ2n) is 9.66. The van der Waals surface area contributed by atoms with Gasteiger partial charge in [-0.3, -0.25) is 4.79 Å². The molecule has 0 saturated heterocycles. The number of carbonyl (C=O) groups excluding carboxylic acids is 1. The van der Waals surface area contributed by atoms with E-state index in [1.165, 1.54) is 56.3 Å². The lowest BCUT2D eigenvalue weighted by Crippen LogP contribution is -2.29. The van der Waals surface area contributed by atoms with Gasteiger partial charge in [0.2, 0.25) is 0 Å². The van der Waals surface area contributed by atoms with E-state index in [1.807, 2.05) is 0 Å². The van der Waals surface area contributed by atoms with Crippen LogP contribution < -0.4 is 4.74 Å². The highest BCUT2D eigenvalue weighted by Gasteiger charge is 2.30. The van der Waals surface area contributed by atoms with Gasteiger partial charge in [-0.15, -0.1) is 0 Å². The van der Waals surface area contributed by atoms with Gasteiger partial charge < -0.3 is 9.64 Å². The molecule has 8 heteroatoms. The van der Waals surface area contributed by atoms with Gasteiger partial charge in [0.15, 0.2) is 6.61 Å². The van der Waals surface area contributed by atoms with E-state index in [0.717, 1.165) is 61.8 Å². The first-order chi connectivity index (χ1) is 14.8. The number of nitrogens with zero attached hydrogens (tertiary/aromatic N) is 2. The van der Waals surface area contributed by atoms with Crippen molar-refractivity contribution in [1.29, 1.82) is 0 Å². The molecule has 2 saturated carbocycles. The molecule has 0 atom stereocenters. The lowest BCUT2D eigenvalue weighted by molar-refractivity contribution is -0.153. The van der Waals surface area contributed by atoms with Crippen molar-refractivity contribution in [2.75, 3.05) is 26.2 Å². The topological polar surface area (TPSA) is 42.4 Å². The van der Waals surface area contributed by atoms with Gasteiger partial charge in [0.25, 0.3) is 5.19 Å². The van der Waals surface area contributed by atoms with Gasteiger partial charge in [-0.2, -0.15) is 13.2 Å². The van der Waals surface area contributed by atoms with Gasteiger partial charge in [-0.1, -0.05) is 24.2 Å². The predicted molar refractivity (Wildman–Crippen MR) is 115 cm³/mol. The minimum absolute atomic E-state index is 0.142. The third-order valence-electron chi connectivity index (χ3n) is 6.99. The van der Waals surface area contributed by atoms with Crippen LogP contribution in [-0.2, 0) is 17.6 Å². The van der Waals surface area contributed by atoms with Crippen molar-refractivity contribution in [2.45, 2.75) is 76.8 Å². The summed E-state index contributed by atoms with van der Waals surface area (Å²) < 4.78 is 41.8. The SMILES string of the molecule is O=C(CC1CCC(CCN2CCc3nc(OCC(F)(F)F)sc3CC2)CC1)CC1CC1. The minimum Gasteiger partial charge on any atom is -0.460 e. The first-order valence-electron chi connectivity index (χ1n) is 11.8. The standard InChI is InChI=1S/C23H33F3N2O2S/c24-23(25,26)15-30-22-27-20-8-11-28(12-9-21(20)31-22)10-7-16-1-3-17(4-2-16)13-19(29)14-18-5-6-18/h16-18H,1-15H2. The zero-order chi connectivity index (χ0) is 21.8. The molecule has 174 valence electrons. The van der Waals surface area contributed by atoms with Crippen LogP contribution in [0.15, 0.2) is 0 Å². The number of hydrogen-bond donors (Lipinski definition) is 0. The highest BCUT2D eigenvalue weighted by atomic mass is 32.1. The van der Waals surface area contributed by atoms with Gasteiger partial charge in [-0.25, -0.2) is 4.98 Å². The highest BCUT2D eigenvalue weighted by Crippen LogP contribution is 2.36. The summed E-state index contributed by atoms with van der Waals surface area (Å²) in [7, 11) is 0. The average molecular weight is 459 g/mol. The van der Waals surface area contributed by atoms with E-state index in [1.54, 1.807) is 0 Å². The Labute approximate surface area is 186 Å². The van der Waals surface area contributed by atoms with Crippen LogP contribution in [0.4, 0.5) is 13.2 Å². The van der Waals surface area contributed by atoms with E-state index in [0.29, 0.717) is 17.6 Å².